The third-order valence-electron chi connectivity index (χ3n) is 6.05. The molecule has 2 aliphatic rings. The minimum Gasteiger partial charge on any atom is -0.348 e. The van der Waals surface area contributed by atoms with Crippen molar-refractivity contribution in [1.82, 2.24) is 24.8 Å². The average molecular weight is 381 g/mol. The van der Waals surface area contributed by atoms with Gasteiger partial charge in [0.15, 0.2) is 0 Å². The Morgan fingerprint density at radius 1 is 1.21 bits per heavy atom. The number of H-pyrrole nitrogens is 1. The summed E-state index contributed by atoms with van der Waals surface area (Å²) < 4.78 is 0. The number of hydrogen-bond donors (Lipinski definition) is 1. The molecule has 7 heteroatoms. The Bertz CT molecular complexity index is 807. The van der Waals surface area contributed by atoms with E-state index in [4.69, 9.17) is 0 Å². The minimum absolute atomic E-state index is 0.0325. The van der Waals surface area contributed by atoms with Crippen LogP contribution >= 0.6 is 0 Å². The maximum Gasteiger partial charge on any atom is 0.227 e. The van der Waals surface area contributed by atoms with Crippen LogP contribution < -0.4 is 0 Å². The molecular formula is C21H27N5O2. The molecule has 148 valence electrons. The van der Waals surface area contributed by atoms with E-state index >= 15 is 0 Å². The molecule has 7 nitrogen and oxygen atoms in total. The normalized spacial score (nSPS) is 22.6. The third kappa shape index (κ3) is 4.24. The van der Waals surface area contributed by atoms with Crippen molar-refractivity contribution in [3.8, 4) is 0 Å². The van der Waals surface area contributed by atoms with Crippen LogP contribution in [0.5, 0.6) is 0 Å². The van der Waals surface area contributed by atoms with Crippen LogP contribution in [0.4, 0.5) is 0 Å². The Balaban J connectivity index is 1.38. The Labute approximate surface area is 165 Å². The predicted octanol–water partition coefficient (Wildman–Crippen LogP) is 1.82. The van der Waals surface area contributed by atoms with Crippen LogP contribution in [0.3, 0.4) is 0 Å². The quantitative estimate of drug-likeness (QED) is 0.857. The number of carbonyl (C=O) groups excluding carboxylic acids is 2. The lowest BCUT2D eigenvalue weighted by Gasteiger charge is -2.48. The summed E-state index contributed by atoms with van der Waals surface area (Å²) in [7, 11) is 0. The van der Waals surface area contributed by atoms with Gasteiger partial charge in [0, 0.05) is 68.7 Å². The van der Waals surface area contributed by atoms with Gasteiger partial charge in [-0.2, -0.15) is 0 Å². The molecule has 2 saturated heterocycles. The number of piperidine rings is 2. The molecule has 1 atom stereocenters. The van der Waals surface area contributed by atoms with Crippen molar-refractivity contribution in [2.45, 2.75) is 38.5 Å². The van der Waals surface area contributed by atoms with Gasteiger partial charge in [-0.15, -0.1) is 0 Å². The van der Waals surface area contributed by atoms with Gasteiger partial charge in [-0.1, -0.05) is 6.07 Å². The molecule has 2 aromatic heterocycles. The highest BCUT2D eigenvalue weighted by Crippen LogP contribution is 2.39. The zero-order valence-electron chi connectivity index (χ0n) is 16.1. The Morgan fingerprint density at radius 3 is 2.93 bits per heavy atom. The van der Waals surface area contributed by atoms with Crippen LogP contribution in [0.15, 0.2) is 37.1 Å². The van der Waals surface area contributed by atoms with Gasteiger partial charge < -0.3 is 14.8 Å². The van der Waals surface area contributed by atoms with E-state index in [1.54, 1.807) is 18.7 Å². The van der Waals surface area contributed by atoms with E-state index in [9.17, 15) is 9.59 Å². The van der Waals surface area contributed by atoms with E-state index in [0.29, 0.717) is 19.4 Å². The van der Waals surface area contributed by atoms with Gasteiger partial charge in [-0.25, -0.2) is 4.98 Å². The second-order valence-corrected chi connectivity index (χ2v) is 8.10. The highest BCUT2D eigenvalue weighted by Gasteiger charge is 2.42. The molecule has 0 radical (unpaired) electrons. The van der Waals surface area contributed by atoms with Crippen molar-refractivity contribution in [1.29, 1.82) is 0 Å². The molecule has 2 fully saturated rings. The summed E-state index contributed by atoms with van der Waals surface area (Å²) in [6, 6.07) is 3.81. The summed E-state index contributed by atoms with van der Waals surface area (Å²) in [5.74, 6) is 0.386. The molecule has 0 aromatic carbocycles. The summed E-state index contributed by atoms with van der Waals surface area (Å²) in [5.41, 5.74) is 2.03. The molecule has 28 heavy (non-hydrogen) atoms. The third-order valence-corrected chi connectivity index (χ3v) is 6.05. The number of imidazole rings is 1. The maximum absolute atomic E-state index is 12.8. The van der Waals surface area contributed by atoms with Gasteiger partial charge in [0.05, 0.1) is 12.7 Å². The zero-order chi connectivity index (χ0) is 19.4. The second-order valence-electron chi connectivity index (χ2n) is 8.10. The summed E-state index contributed by atoms with van der Waals surface area (Å²) in [4.78, 5) is 40.5. The molecule has 2 aliphatic heterocycles. The Morgan fingerprint density at radius 2 is 2.14 bits per heavy atom. The van der Waals surface area contributed by atoms with Crippen molar-refractivity contribution in [2.24, 2.45) is 5.41 Å². The van der Waals surface area contributed by atoms with Gasteiger partial charge in [-0.3, -0.25) is 14.6 Å². The van der Waals surface area contributed by atoms with E-state index in [1.807, 2.05) is 28.1 Å². The van der Waals surface area contributed by atoms with E-state index in [-0.39, 0.29) is 17.2 Å². The lowest BCUT2D eigenvalue weighted by atomic mass is 9.73. The fourth-order valence-corrected chi connectivity index (χ4v) is 4.53. The highest BCUT2D eigenvalue weighted by atomic mass is 16.2. The molecule has 0 saturated carbocycles. The number of nitrogens with one attached hydrogen (secondary N) is 1. The number of hydrogen-bond acceptors (Lipinski definition) is 4. The molecule has 2 amide bonds. The molecule has 1 N–H and O–H groups in total. The average Bonchev–Trinajstić information content (AvgIpc) is 3.23. The minimum atomic E-state index is 0.0325. The number of amides is 2. The fraction of sp³-hybridized carbons (Fsp3) is 0.524. The van der Waals surface area contributed by atoms with Gasteiger partial charge in [0.25, 0.3) is 0 Å². The first kappa shape index (κ1) is 18.7. The summed E-state index contributed by atoms with van der Waals surface area (Å²) in [5, 5.41) is 0. The number of rotatable bonds is 5. The van der Waals surface area contributed by atoms with Crippen LogP contribution in [-0.4, -0.2) is 62.7 Å². The van der Waals surface area contributed by atoms with Crippen LogP contribution in [0.2, 0.25) is 0 Å². The lowest BCUT2D eigenvalue weighted by Crippen LogP contribution is -2.55. The van der Waals surface area contributed by atoms with E-state index < -0.39 is 0 Å². The summed E-state index contributed by atoms with van der Waals surface area (Å²) >= 11 is 0. The standard InChI is InChI=1S/C21H27N5O2/c27-19-4-7-21(15-26(19)10-5-18-13-23-16-24-18)6-2-9-25(14-21)20(28)11-17-3-1-8-22-12-17/h1,3,8,12-13,16H,2,4-7,9-11,14-15H2,(H,23,24)/t21-/m0/s1. The molecular weight excluding hydrogens is 354 g/mol. The van der Waals surface area contributed by atoms with Crippen LogP contribution in [0.25, 0.3) is 0 Å². The topological polar surface area (TPSA) is 82.2 Å². The molecule has 4 rings (SSSR count). The van der Waals surface area contributed by atoms with Crippen molar-refractivity contribution >= 4 is 11.8 Å². The molecule has 0 unspecified atom stereocenters. The summed E-state index contributed by atoms with van der Waals surface area (Å²) in [6.07, 6.45) is 11.7. The van der Waals surface area contributed by atoms with Crippen LogP contribution in [0.1, 0.15) is 36.9 Å². The largest absolute Gasteiger partial charge is 0.348 e. The zero-order valence-corrected chi connectivity index (χ0v) is 16.1. The van der Waals surface area contributed by atoms with E-state index in [1.165, 1.54) is 0 Å². The van der Waals surface area contributed by atoms with Gasteiger partial charge in [-0.05, 0) is 30.9 Å². The lowest BCUT2D eigenvalue weighted by molar-refractivity contribution is -0.142. The van der Waals surface area contributed by atoms with E-state index in [0.717, 1.165) is 56.6 Å². The number of pyridine rings is 1. The van der Waals surface area contributed by atoms with Gasteiger partial charge >= 0.3 is 0 Å². The van der Waals surface area contributed by atoms with Crippen molar-refractivity contribution in [3.05, 3.63) is 48.3 Å². The smallest absolute Gasteiger partial charge is 0.227 e. The Hall–Kier alpha value is -2.70. The molecule has 0 bridgehead atoms. The van der Waals surface area contributed by atoms with Crippen molar-refractivity contribution in [2.75, 3.05) is 26.2 Å². The molecule has 4 heterocycles. The number of likely N-dealkylation sites (tertiary alicyclic amines) is 2. The van der Waals surface area contributed by atoms with Gasteiger partial charge in [0.1, 0.15) is 0 Å². The molecule has 2 aromatic rings. The monoisotopic (exact) mass is 381 g/mol. The first-order valence-electron chi connectivity index (χ1n) is 10.1. The van der Waals surface area contributed by atoms with Crippen molar-refractivity contribution in [3.63, 3.8) is 0 Å². The molecule has 1 spiro atoms. The predicted molar refractivity (Wildman–Crippen MR) is 104 cm³/mol. The number of aromatic amines is 1. The second kappa shape index (κ2) is 8.12. The Kier molecular flexibility index (Phi) is 5.41. The van der Waals surface area contributed by atoms with Gasteiger partial charge in [0.2, 0.25) is 11.8 Å². The first-order valence-corrected chi connectivity index (χ1v) is 10.1. The summed E-state index contributed by atoms with van der Waals surface area (Å²) in [6.45, 7) is 3.01. The van der Waals surface area contributed by atoms with E-state index in [2.05, 4.69) is 15.0 Å². The van der Waals surface area contributed by atoms with Crippen molar-refractivity contribution < 1.29 is 9.59 Å². The number of carbonyl (C=O) groups is 2. The first-order chi connectivity index (χ1) is 13.6. The highest BCUT2D eigenvalue weighted by molar-refractivity contribution is 5.79. The number of aromatic nitrogens is 3. The maximum atomic E-state index is 12.8. The fourth-order valence-electron chi connectivity index (χ4n) is 4.53. The molecule has 0 aliphatic carbocycles. The number of nitrogens with zero attached hydrogens (tertiary/aromatic N) is 4. The van der Waals surface area contributed by atoms with Crippen LogP contribution in [-0.2, 0) is 22.4 Å². The van der Waals surface area contributed by atoms with Crippen LogP contribution in [0, 0.1) is 5.41 Å². The SMILES string of the molecule is O=C1CC[C@]2(CCCN(C(=O)Cc3cccnc3)C2)CN1CCc1cnc[nH]1.